The van der Waals surface area contributed by atoms with Crippen LogP contribution < -0.4 is 5.32 Å². The van der Waals surface area contributed by atoms with E-state index in [4.69, 9.17) is 4.55 Å². The molecule has 0 aromatic heterocycles. The molecule has 0 aliphatic carbocycles. The molecule has 0 spiro atoms. The summed E-state index contributed by atoms with van der Waals surface area (Å²) in [4.78, 5) is 0. The van der Waals surface area contributed by atoms with Crippen LogP contribution in [0.4, 0.5) is 35.1 Å². The Morgan fingerprint density at radius 2 is 1.27 bits per heavy atom. The maximum atomic E-state index is 13.2. The van der Waals surface area contributed by atoms with Gasteiger partial charge in [-0.2, -0.15) is 39.2 Å². The van der Waals surface area contributed by atoms with Gasteiger partial charge < -0.3 is 5.32 Å². The Bertz CT molecular complexity index is 482. The van der Waals surface area contributed by atoms with Crippen LogP contribution >= 0.6 is 0 Å². The minimum Gasteiger partial charge on any atom is -0.323 e. The lowest BCUT2D eigenvalue weighted by Gasteiger charge is -2.26. The molecule has 0 aliphatic rings. The third-order valence-corrected chi connectivity index (χ3v) is 3.94. The van der Waals surface area contributed by atoms with Gasteiger partial charge in [-0.25, -0.2) is 4.39 Å². The minimum absolute atomic E-state index is 0.0196. The van der Waals surface area contributed by atoms with Crippen LogP contribution in [0.15, 0.2) is 0 Å². The predicted molar refractivity (Wildman–Crippen MR) is 79.7 cm³/mol. The summed E-state index contributed by atoms with van der Waals surface area (Å²) in [6.45, 7) is 0. The van der Waals surface area contributed by atoms with Crippen LogP contribution in [0.3, 0.4) is 0 Å². The maximum absolute atomic E-state index is 13.2. The number of hydrogen-bond acceptors (Lipinski definition) is 3. The number of unbranched alkanes of at least 4 members (excludes halogenated alkanes) is 4. The third-order valence-electron chi connectivity index (χ3n) is 3.02. The standard InChI is InChI=1S/C11H16F8O3S.C2H7N/c12-8(10(16,17)11(18,19)23(20,21)22)6-4-2-1-3-5-7-9(13,14)15;1-3-2/h8H,1-7H2,(H,20,21,22);3H,1-2H3. The van der Waals surface area contributed by atoms with Crippen molar-refractivity contribution in [1.82, 2.24) is 5.32 Å². The lowest BCUT2D eigenvalue weighted by atomic mass is 10.0. The number of halogens is 8. The number of alkyl halides is 8. The summed E-state index contributed by atoms with van der Waals surface area (Å²) in [5, 5.41) is -3.22. The van der Waals surface area contributed by atoms with Gasteiger partial charge in [-0.3, -0.25) is 4.55 Å². The van der Waals surface area contributed by atoms with E-state index in [1.807, 2.05) is 14.1 Å². The molecule has 0 aromatic carbocycles. The molecular weight excluding hydrogens is 402 g/mol. The van der Waals surface area contributed by atoms with E-state index in [1.165, 1.54) is 0 Å². The summed E-state index contributed by atoms with van der Waals surface area (Å²) < 4.78 is 129. The third kappa shape index (κ3) is 9.86. The van der Waals surface area contributed by atoms with Crippen LogP contribution in [0.25, 0.3) is 0 Å². The van der Waals surface area contributed by atoms with Crippen LogP contribution in [0.2, 0.25) is 0 Å². The summed E-state index contributed by atoms with van der Waals surface area (Å²) in [6, 6.07) is 0. The number of nitrogens with one attached hydrogen (secondary N) is 1. The molecule has 0 heterocycles. The molecule has 26 heavy (non-hydrogen) atoms. The van der Waals surface area contributed by atoms with Crippen LogP contribution in [0.1, 0.15) is 44.9 Å². The number of hydrogen-bond donors (Lipinski definition) is 2. The predicted octanol–water partition coefficient (Wildman–Crippen LogP) is 4.57. The van der Waals surface area contributed by atoms with E-state index >= 15 is 0 Å². The van der Waals surface area contributed by atoms with Crippen LogP contribution in [0, 0.1) is 0 Å². The fourth-order valence-electron chi connectivity index (χ4n) is 1.71. The highest BCUT2D eigenvalue weighted by atomic mass is 32.2. The quantitative estimate of drug-likeness (QED) is 0.306. The van der Waals surface area contributed by atoms with Gasteiger partial charge >= 0.3 is 27.5 Å². The minimum atomic E-state index is -6.49. The molecule has 0 bridgehead atoms. The van der Waals surface area contributed by atoms with Crippen LogP contribution in [-0.2, 0) is 10.1 Å². The molecule has 0 aliphatic heterocycles. The zero-order valence-corrected chi connectivity index (χ0v) is 15.0. The average molecular weight is 425 g/mol. The van der Waals surface area contributed by atoms with Gasteiger partial charge in [0, 0.05) is 6.42 Å². The monoisotopic (exact) mass is 425 g/mol. The van der Waals surface area contributed by atoms with Crippen molar-refractivity contribution in [3.05, 3.63) is 0 Å². The van der Waals surface area contributed by atoms with Gasteiger partial charge in [0.05, 0.1) is 0 Å². The van der Waals surface area contributed by atoms with Crippen molar-refractivity contribution in [2.24, 2.45) is 0 Å². The van der Waals surface area contributed by atoms with Gasteiger partial charge in [-0.05, 0) is 26.9 Å². The van der Waals surface area contributed by atoms with Gasteiger partial charge in [0.1, 0.15) is 0 Å². The molecule has 160 valence electrons. The van der Waals surface area contributed by atoms with E-state index in [9.17, 15) is 43.5 Å². The van der Waals surface area contributed by atoms with Gasteiger partial charge in [0.2, 0.25) is 0 Å². The van der Waals surface area contributed by atoms with Gasteiger partial charge in [0.15, 0.2) is 6.17 Å². The Labute approximate surface area is 147 Å². The molecule has 4 nitrogen and oxygen atoms in total. The van der Waals surface area contributed by atoms with Gasteiger partial charge in [0.25, 0.3) is 0 Å². The largest absolute Gasteiger partial charge is 0.434 e. The lowest BCUT2D eigenvalue weighted by molar-refractivity contribution is -0.198. The zero-order chi connectivity index (χ0) is 21.2. The van der Waals surface area contributed by atoms with E-state index in [0.29, 0.717) is 0 Å². The van der Waals surface area contributed by atoms with Crippen molar-refractivity contribution in [2.75, 3.05) is 14.1 Å². The van der Waals surface area contributed by atoms with Gasteiger partial charge in [-0.15, -0.1) is 0 Å². The van der Waals surface area contributed by atoms with Crippen molar-refractivity contribution >= 4 is 10.1 Å². The fraction of sp³-hybridized carbons (Fsp3) is 1.00. The molecule has 0 fully saturated rings. The van der Waals surface area contributed by atoms with Crippen LogP contribution in [-0.4, -0.2) is 50.6 Å². The van der Waals surface area contributed by atoms with E-state index in [-0.39, 0.29) is 32.1 Å². The maximum Gasteiger partial charge on any atom is 0.434 e. The van der Waals surface area contributed by atoms with Crippen molar-refractivity contribution in [3.8, 4) is 0 Å². The summed E-state index contributed by atoms with van der Waals surface area (Å²) in [7, 11) is -2.74. The second-order valence-corrected chi connectivity index (χ2v) is 6.97. The first-order chi connectivity index (χ1) is 11.5. The second-order valence-electron chi connectivity index (χ2n) is 5.50. The Hall–Kier alpha value is -0.690. The SMILES string of the molecule is CNC.O=S(=O)(O)C(F)(F)C(F)(F)C(F)CCCCCCCC(F)(F)F. The Morgan fingerprint density at radius 1 is 0.885 bits per heavy atom. The first-order valence-corrected chi connectivity index (χ1v) is 9.00. The first-order valence-electron chi connectivity index (χ1n) is 7.56. The smallest absolute Gasteiger partial charge is 0.323 e. The molecule has 0 saturated heterocycles. The van der Waals surface area contributed by atoms with E-state index < -0.39 is 46.5 Å². The van der Waals surface area contributed by atoms with E-state index in [2.05, 4.69) is 5.32 Å². The normalized spacial score (nSPS) is 14.6. The molecular formula is C13H23F8NO3S. The Kier molecular flexibility index (Phi) is 11.9. The molecule has 0 amide bonds. The molecule has 2 N–H and O–H groups in total. The Balaban J connectivity index is 0. The summed E-state index contributed by atoms with van der Waals surface area (Å²) in [6.07, 6.45) is -10.2. The highest BCUT2D eigenvalue weighted by Gasteiger charge is 2.69. The van der Waals surface area contributed by atoms with Crippen molar-refractivity contribution in [3.63, 3.8) is 0 Å². The molecule has 0 aromatic rings. The molecule has 1 atom stereocenters. The molecule has 0 rings (SSSR count). The highest BCUT2D eigenvalue weighted by molar-refractivity contribution is 7.87. The lowest BCUT2D eigenvalue weighted by Crippen LogP contribution is -2.52. The molecule has 1 unspecified atom stereocenters. The van der Waals surface area contributed by atoms with E-state index in [1.54, 1.807) is 0 Å². The zero-order valence-electron chi connectivity index (χ0n) is 14.2. The molecule has 0 saturated carbocycles. The van der Waals surface area contributed by atoms with Crippen molar-refractivity contribution in [2.45, 2.75) is 68.5 Å². The number of rotatable bonds is 10. The molecule has 13 heteroatoms. The van der Waals surface area contributed by atoms with Gasteiger partial charge in [-0.1, -0.05) is 25.7 Å². The Morgan fingerprint density at radius 3 is 1.65 bits per heavy atom. The second kappa shape index (κ2) is 11.2. The highest BCUT2D eigenvalue weighted by Crippen LogP contribution is 2.43. The van der Waals surface area contributed by atoms with Crippen molar-refractivity contribution < 1.29 is 48.1 Å². The fourth-order valence-corrected chi connectivity index (χ4v) is 2.19. The van der Waals surface area contributed by atoms with Crippen molar-refractivity contribution in [1.29, 1.82) is 0 Å². The van der Waals surface area contributed by atoms with Crippen LogP contribution in [0.5, 0.6) is 0 Å². The van der Waals surface area contributed by atoms with E-state index in [0.717, 1.165) is 0 Å². The molecule has 0 radical (unpaired) electrons. The topological polar surface area (TPSA) is 66.4 Å². The summed E-state index contributed by atoms with van der Waals surface area (Å²) in [5.41, 5.74) is 0. The first kappa shape index (κ1) is 27.5. The average Bonchev–Trinajstić information content (AvgIpc) is 2.44. The summed E-state index contributed by atoms with van der Waals surface area (Å²) in [5.74, 6) is -5.61. The summed E-state index contributed by atoms with van der Waals surface area (Å²) >= 11 is 0.